The molecule has 1 fully saturated rings. The minimum atomic E-state index is -0.345. The lowest BCUT2D eigenvalue weighted by Crippen LogP contribution is -2.41. The van der Waals surface area contributed by atoms with E-state index in [0.29, 0.717) is 36.7 Å². The molecule has 25 heavy (non-hydrogen) atoms. The standard InChI is InChI=1S/C18H27N3O4/c1-18(2,3)11-21-10-13(9-16(21)22)20-17(23)19-12-6-7-14(24-4)15(8-12)25-5/h6-8,13H,9-11H2,1-5H3,(H2,19,20,23)/t13-/m1/s1. The lowest BCUT2D eigenvalue weighted by Gasteiger charge is -2.26. The highest BCUT2D eigenvalue weighted by Gasteiger charge is 2.32. The molecule has 3 amide bonds. The van der Waals surface area contributed by atoms with Gasteiger partial charge in [-0.05, 0) is 17.5 Å². The van der Waals surface area contributed by atoms with E-state index in [1.54, 1.807) is 30.2 Å². The Morgan fingerprint density at radius 1 is 1.24 bits per heavy atom. The van der Waals surface area contributed by atoms with E-state index in [1.165, 1.54) is 7.11 Å². The Hall–Kier alpha value is -2.44. The number of ether oxygens (including phenoxy) is 2. The van der Waals surface area contributed by atoms with Crippen LogP contribution in [0.2, 0.25) is 0 Å². The molecule has 0 spiro atoms. The van der Waals surface area contributed by atoms with Crippen LogP contribution in [0.25, 0.3) is 0 Å². The van der Waals surface area contributed by atoms with Gasteiger partial charge in [0.25, 0.3) is 0 Å². The summed E-state index contributed by atoms with van der Waals surface area (Å²) in [5.41, 5.74) is 0.623. The number of amides is 3. The van der Waals surface area contributed by atoms with Crippen molar-refractivity contribution >= 4 is 17.6 Å². The molecule has 1 heterocycles. The molecule has 1 aromatic carbocycles. The molecule has 0 bridgehead atoms. The van der Waals surface area contributed by atoms with Crippen molar-refractivity contribution < 1.29 is 19.1 Å². The summed E-state index contributed by atoms with van der Waals surface area (Å²) in [6.07, 6.45) is 0.329. The molecule has 7 heteroatoms. The molecule has 1 atom stereocenters. The molecule has 1 saturated heterocycles. The van der Waals surface area contributed by atoms with Crippen LogP contribution in [-0.2, 0) is 4.79 Å². The third-order valence-electron chi connectivity index (χ3n) is 3.86. The Labute approximate surface area is 148 Å². The molecule has 138 valence electrons. The van der Waals surface area contributed by atoms with Gasteiger partial charge >= 0.3 is 6.03 Å². The highest BCUT2D eigenvalue weighted by atomic mass is 16.5. The first-order valence-corrected chi connectivity index (χ1v) is 8.29. The summed E-state index contributed by atoms with van der Waals surface area (Å²) < 4.78 is 10.4. The molecular weight excluding hydrogens is 322 g/mol. The number of hydrogen-bond donors (Lipinski definition) is 2. The number of hydrogen-bond acceptors (Lipinski definition) is 4. The van der Waals surface area contributed by atoms with Gasteiger partial charge in [-0.3, -0.25) is 4.79 Å². The van der Waals surface area contributed by atoms with Crippen LogP contribution < -0.4 is 20.1 Å². The SMILES string of the molecule is COc1ccc(NC(=O)N[C@@H]2CC(=O)N(CC(C)(C)C)C2)cc1OC. The van der Waals surface area contributed by atoms with Gasteiger partial charge in [0.1, 0.15) is 0 Å². The van der Waals surface area contributed by atoms with Crippen LogP contribution in [0.15, 0.2) is 18.2 Å². The number of methoxy groups -OCH3 is 2. The summed E-state index contributed by atoms with van der Waals surface area (Å²) >= 11 is 0. The predicted molar refractivity (Wildman–Crippen MR) is 96.1 cm³/mol. The van der Waals surface area contributed by atoms with E-state index in [4.69, 9.17) is 9.47 Å². The fourth-order valence-corrected chi connectivity index (χ4v) is 2.86. The predicted octanol–water partition coefficient (Wildman–Crippen LogP) is 2.47. The van der Waals surface area contributed by atoms with Gasteiger partial charge in [0.05, 0.1) is 20.3 Å². The smallest absolute Gasteiger partial charge is 0.319 e. The van der Waals surface area contributed by atoms with Crippen molar-refractivity contribution in [3.63, 3.8) is 0 Å². The van der Waals surface area contributed by atoms with Crippen molar-refractivity contribution in [2.45, 2.75) is 33.2 Å². The first kappa shape index (κ1) is 18.9. The topological polar surface area (TPSA) is 79.9 Å². The number of carbonyl (C=O) groups is 2. The lowest BCUT2D eigenvalue weighted by molar-refractivity contribution is -0.128. The number of anilines is 1. The van der Waals surface area contributed by atoms with Gasteiger partial charge in [-0.15, -0.1) is 0 Å². The van der Waals surface area contributed by atoms with Gasteiger partial charge in [-0.1, -0.05) is 20.8 Å². The molecule has 0 saturated carbocycles. The minimum absolute atomic E-state index is 0.0342. The number of benzene rings is 1. The largest absolute Gasteiger partial charge is 0.493 e. The highest BCUT2D eigenvalue weighted by Crippen LogP contribution is 2.29. The maximum Gasteiger partial charge on any atom is 0.319 e. The third-order valence-corrected chi connectivity index (χ3v) is 3.86. The van der Waals surface area contributed by atoms with Crippen molar-refractivity contribution in [3.05, 3.63) is 18.2 Å². The zero-order valence-corrected chi connectivity index (χ0v) is 15.5. The first-order chi connectivity index (χ1) is 11.7. The average molecular weight is 349 g/mol. The monoisotopic (exact) mass is 349 g/mol. The number of nitrogens with zero attached hydrogens (tertiary/aromatic N) is 1. The summed E-state index contributed by atoms with van der Waals surface area (Å²) in [6, 6.07) is 4.60. The zero-order chi connectivity index (χ0) is 18.6. The molecule has 2 rings (SSSR count). The molecule has 7 nitrogen and oxygen atoms in total. The van der Waals surface area contributed by atoms with Crippen molar-refractivity contribution in [1.82, 2.24) is 10.2 Å². The Kier molecular flexibility index (Phi) is 5.77. The molecule has 0 aromatic heterocycles. The van der Waals surface area contributed by atoms with Crippen LogP contribution in [0.5, 0.6) is 11.5 Å². The third kappa shape index (κ3) is 5.27. The van der Waals surface area contributed by atoms with E-state index in [1.807, 2.05) is 0 Å². The Morgan fingerprint density at radius 3 is 2.52 bits per heavy atom. The lowest BCUT2D eigenvalue weighted by atomic mass is 9.96. The van der Waals surface area contributed by atoms with Gasteiger partial charge in [0.15, 0.2) is 11.5 Å². The van der Waals surface area contributed by atoms with E-state index in [0.717, 1.165) is 0 Å². The van der Waals surface area contributed by atoms with Gasteiger partial charge in [0, 0.05) is 31.3 Å². The second kappa shape index (κ2) is 7.63. The summed E-state index contributed by atoms with van der Waals surface area (Å²) in [5.74, 6) is 1.20. The van der Waals surface area contributed by atoms with E-state index in [-0.39, 0.29) is 23.4 Å². The van der Waals surface area contributed by atoms with Gasteiger partial charge in [0.2, 0.25) is 5.91 Å². The number of carbonyl (C=O) groups excluding carboxylic acids is 2. The second-order valence-electron chi connectivity index (χ2n) is 7.40. The summed E-state index contributed by atoms with van der Waals surface area (Å²) in [5, 5.41) is 5.61. The molecule has 1 aromatic rings. The van der Waals surface area contributed by atoms with E-state index in [9.17, 15) is 9.59 Å². The molecule has 1 aliphatic heterocycles. The second-order valence-corrected chi connectivity index (χ2v) is 7.40. The van der Waals surface area contributed by atoms with Crippen molar-refractivity contribution in [1.29, 1.82) is 0 Å². The van der Waals surface area contributed by atoms with E-state index < -0.39 is 0 Å². The number of urea groups is 1. The molecule has 0 unspecified atom stereocenters. The van der Waals surface area contributed by atoms with Crippen LogP contribution in [0.1, 0.15) is 27.2 Å². The number of rotatable bonds is 5. The van der Waals surface area contributed by atoms with Gasteiger partial charge in [-0.2, -0.15) is 0 Å². The fraction of sp³-hybridized carbons (Fsp3) is 0.556. The summed E-state index contributed by atoms with van der Waals surface area (Å²) in [7, 11) is 3.09. The fourth-order valence-electron chi connectivity index (χ4n) is 2.86. The summed E-state index contributed by atoms with van der Waals surface area (Å²) in [6.45, 7) is 7.48. The average Bonchev–Trinajstić information content (AvgIpc) is 2.84. The van der Waals surface area contributed by atoms with Crippen LogP contribution in [0.4, 0.5) is 10.5 Å². The first-order valence-electron chi connectivity index (χ1n) is 8.29. The molecule has 0 aliphatic carbocycles. The Morgan fingerprint density at radius 2 is 1.92 bits per heavy atom. The molecule has 2 N–H and O–H groups in total. The Bertz CT molecular complexity index is 640. The van der Waals surface area contributed by atoms with Crippen molar-refractivity contribution in [3.8, 4) is 11.5 Å². The molecule has 1 aliphatic rings. The maximum atomic E-state index is 12.2. The van der Waals surface area contributed by atoms with Gasteiger partial charge < -0.3 is 25.0 Å². The van der Waals surface area contributed by atoms with E-state index in [2.05, 4.69) is 31.4 Å². The van der Waals surface area contributed by atoms with E-state index >= 15 is 0 Å². The van der Waals surface area contributed by atoms with Gasteiger partial charge in [-0.25, -0.2) is 4.79 Å². The molecule has 0 radical (unpaired) electrons. The molecular formula is C18H27N3O4. The normalized spacial score (nSPS) is 17.4. The van der Waals surface area contributed by atoms with Crippen molar-refractivity contribution in [2.24, 2.45) is 5.41 Å². The number of likely N-dealkylation sites (tertiary alicyclic amines) is 1. The highest BCUT2D eigenvalue weighted by molar-refractivity contribution is 5.90. The van der Waals surface area contributed by atoms with Crippen LogP contribution in [0.3, 0.4) is 0 Å². The summed E-state index contributed by atoms with van der Waals surface area (Å²) in [4.78, 5) is 26.1. The quantitative estimate of drug-likeness (QED) is 0.856. The van der Waals surface area contributed by atoms with Crippen LogP contribution in [-0.4, -0.2) is 50.2 Å². The van der Waals surface area contributed by atoms with Crippen LogP contribution in [0, 0.1) is 5.41 Å². The zero-order valence-electron chi connectivity index (χ0n) is 15.5. The van der Waals surface area contributed by atoms with Crippen LogP contribution >= 0.6 is 0 Å². The Balaban J connectivity index is 1.92. The minimum Gasteiger partial charge on any atom is -0.493 e. The van der Waals surface area contributed by atoms with Crippen molar-refractivity contribution in [2.75, 3.05) is 32.6 Å². The maximum absolute atomic E-state index is 12.2. The number of nitrogens with one attached hydrogen (secondary N) is 2.